The van der Waals surface area contributed by atoms with Crippen LogP contribution in [0, 0.1) is 0 Å². The van der Waals surface area contributed by atoms with Gasteiger partial charge in [0.2, 0.25) is 0 Å². The molecule has 0 aromatic heterocycles. The molecule has 0 amide bonds. The average Bonchev–Trinajstić information content (AvgIpc) is 2.85. The molecule has 158 valence electrons. The van der Waals surface area contributed by atoms with Crippen molar-refractivity contribution in [2.24, 2.45) is 0 Å². The fraction of sp³-hybridized carbons (Fsp3) is 0.154. The second-order valence-corrected chi connectivity index (χ2v) is 6.90. The fourth-order valence-electron chi connectivity index (χ4n) is 3.61. The van der Waals surface area contributed by atoms with Gasteiger partial charge in [-0.15, -0.1) is 0 Å². The summed E-state index contributed by atoms with van der Waals surface area (Å²) in [5.74, 6) is -1.15. The van der Waals surface area contributed by atoms with Gasteiger partial charge in [0.25, 0.3) is 0 Å². The molecule has 0 unspecified atom stereocenters. The summed E-state index contributed by atoms with van der Waals surface area (Å²) >= 11 is 0. The van der Waals surface area contributed by atoms with E-state index in [9.17, 15) is 9.59 Å². The lowest BCUT2D eigenvalue weighted by Crippen LogP contribution is -2.54. The second kappa shape index (κ2) is 10.4. The van der Waals surface area contributed by atoms with Crippen molar-refractivity contribution < 1.29 is 19.1 Å². The largest absolute Gasteiger partial charge is 0.468 e. The number of hydrogen-bond acceptors (Lipinski definition) is 5. The van der Waals surface area contributed by atoms with Crippen LogP contribution in [-0.4, -0.2) is 31.7 Å². The summed E-state index contributed by atoms with van der Waals surface area (Å²) in [5, 5.41) is 3.46. The van der Waals surface area contributed by atoms with E-state index in [1.165, 1.54) is 7.11 Å². The van der Waals surface area contributed by atoms with Gasteiger partial charge in [0.05, 0.1) is 12.6 Å². The van der Waals surface area contributed by atoms with Crippen molar-refractivity contribution in [1.82, 2.24) is 5.32 Å². The van der Waals surface area contributed by atoms with E-state index in [0.29, 0.717) is 0 Å². The number of benzene rings is 3. The number of carbonyl (C=O) groups excluding carboxylic acids is 2. The molecule has 0 radical (unpaired) electrons. The van der Waals surface area contributed by atoms with E-state index in [1.807, 2.05) is 91.0 Å². The molecule has 5 heteroatoms. The van der Waals surface area contributed by atoms with E-state index in [-0.39, 0.29) is 6.61 Å². The Bertz CT molecular complexity index is 907. The molecule has 0 bridgehead atoms. The van der Waals surface area contributed by atoms with Crippen molar-refractivity contribution in [2.75, 3.05) is 13.7 Å². The van der Waals surface area contributed by atoms with E-state index in [0.717, 1.165) is 22.8 Å². The predicted molar refractivity (Wildman–Crippen MR) is 119 cm³/mol. The first-order chi connectivity index (χ1) is 15.1. The second-order valence-electron chi connectivity index (χ2n) is 6.90. The van der Waals surface area contributed by atoms with Gasteiger partial charge in [0.15, 0.2) is 0 Å². The molecule has 0 fully saturated rings. The molecule has 0 saturated carbocycles. The predicted octanol–water partition coefficient (Wildman–Crippen LogP) is 3.84. The van der Waals surface area contributed by atoms with Gasteiger partial charge >= 0.3 is 11.9 Å². The average molecular weight is 415 g/mol. The lowest BCUT2D eigenvalue weighted by molar-refractivity contribution is -0.148. The molecule has 0 saturated heterocycles. The Morgan fingerprint density at radius 3 is 1.65 bits per heavy atom. The first-order valence-electron chi connectivity index (χ1n) is 9.93. The van der Waals surface area contributed by atoms with Crippen molar-refractivity contribution in [3.8, 4) is 0 Å². The van der Waals surface area contributed by atoms with Gasteiger partial charge in [0.1, 0.15) is 12.6 Å². The molecule has 3 aromatic rings. The first-order valence-corrected chi connectivity index (χ1v) is 9.93. The number of methoxy groups -OCH3 is 1. The highest BCUT2D eigenvalue weighted by Gasteiger charge is 2.40. The molecule has 0 aliphatic rings. The standard InChI is InChI=1S/C26H25NO4/c1-3-24(28)31-19-23(25(29)30-2)27-26(20-13-7-4-8-14-20,21-15-9-5-10-16-21)22-17-11-6-12-18-22/h3-18,23,27H,1,19H2,2H3/t23-/m0/s1. The molecule has 31 heavy (non-hydrogen) atoms. The summed E-state index contributed by atoms with van der Waals surface area (Å²) in [4.78, 5) is 24.4. The maximum atomic E-state index is 12.7. The minimum Gasteiger partial charge on any atom is -0.468 e. The number of rotatable bonds is 9. The molecule has 0 aliphatic heterocycles. The quantitative estimate of drug-likeness (QED) is 0.327. The molecule has 1 atom stereocenters. The van der Waals surface area contributed by atoms with E-state index in [1.54, 1.807) is 0 Å². The topological polar surface area (TPSA) is 64.6 Å². The van der Waals surface area contributed by atoms with Crippen molar-refractivity contribution >= 4 is 11.9 Å². The van der Waals surface area contributed by atoms with Crippen LogP contribution in [-0.2, 0) is 24.6 Å². The summed E-state index contributed by atoms with van der Waals surface area (Å²) in [6.45, 7) is 3.21. The van der Waals surface area contributed by atoms with Crippen LogP contribution in [0.2, 0.25) is 0 Å². The lowest BCUT2D eigenvalue weighted by atomic mass is 9.76. The zero-order chi connectivity index (χ0) is 22.1. The van der Waals surface area contributed by atoms with E-state index in [2.05, 4.69) is 11.9 Å². The van der Waals surface area contributed by atoms with E-state index in [4.69, 9.17) is 9.47 Å². The number of ether oxygens (including phenoxy) is 2. The van der Waals surface area contributed by atoms with E-state index < -0.39 is 23.5 Å². The zero-order valence-electron chi connectivity index (χ0n) is 17.4. The van der Waals surface area contributed by atoms with Gasteiger partial charge in [-0.3, -0.25) is 10.1 Å². The third kappa shape index (κ3) is 4.90. The maximum absolute atomic E-state index is 12.7. The Hall–Kier alpha value is -3.70. The number of nitrogens with one attached hydrogen (secondary N) is 1. The fourth-order valence-corrected chi connectivity index (χ4v) is 3.61. The molecule has 0 aliphatic carbocycles. The van der Waals surface area contributed by atoms with Crippen molar-refractivity contribution in [1.29, 1.82) is 0 Å². The summed E-state index contributed by atoms with van der Waals surface area (Å²) in [5.41, 5.74) is 1.88. The minimum atomic E-state index is -0.922. The summed E-state index contributed by atoms with van der Waals surface area (Å²) in [6.07, 6.45) is 1.06. The molecule has 0 spiro atoms. The van der Waals surface area contributed by atoms with Gasteiger partial charge in [0, 0.05) is 6.08 Å². The van der Waals surface area contributed by atoms with Crippen LogP contribution in [0.1, 0.15) is 16.7 Å². The number of carbonyl (C=O) groups is 2. The molecule has 0 heterocycles. The maximum Gasteiger partial charge on any atom is 0.330 e. The highest BCUT2D eigenvalue weighted by atomic mass is 16.5. The Morgan fingerprint density at radius 2 is 1.29 bits per heavy atom. The zero-order valence-corrected chi connectivity index (χ0v) is 17.4. The summed E-state index contributed by atoms with van der Waals surface area (Å²) in [6, 6.07) is 28.6. The highest BCUT2D eigenvalue weighted by molar-refractivity contribution is 5.82. The lowest BCUT2D eigenvalue weighted by Gasteiger charge is -2.39. The monoisotopic (exact) mass is 415 g/mol. The summed E-state index contributed by atoms with van der Waals surface area (Å²) in [7, 11) is 1.31. The third-order valence-corrected chi connectivity index (χ3v) is 5.06. The Kier molecular flexibility index (Phi) is 7.35. The van der Waals surface area contributed by atoms with Crippen LogP contribution in [0.15, 0.2) is 104 Å². The van der Waals surface area contributed by atoms with Crippen LogP contribution < -0.4 is 5.32 Å². The van der Waals surface area contributed by atoms with E-state index >= 15 is 0 Å². The SMILES string of the molecule is C=CC(=O)OC[C@H](NC(c1ccccc1)(c1ccccc1)c1ccccc1)C(=O)OC. The van der Waals surface area contributed by atoms with Crippen LogP contribution >= 0.6 is 0 Å². The summed E-state index contributed by atoms with van der Waals surface area (Å²) < 4.78 is 10.2. The van der Waals surface area contributed by atoms with Crippen molar-refractivity contribution in [3.63, 3.8) is 0 Å². The molecule has 5 nitrogen and oxygen atoms in total. The van der Waals surface area contributed by atoms with Gasteiger partial charge in [-0.25, -0.2) is 4.79 Å². The first kappa shape index (κ1) is 22.0. The van der Waals surface area contributed by atoms with Gasteiger partial charge in [-0.1, -0.05) is 97.6 Å². The van der Waals surface area contributed by atoms with Gasteiger partial charge in [-0.2, -0.15) is 0 Å². The highest BCUT2D eigenvalue weighted by Crippen LogP contribution is 2.37. The van der Waals surface area contributed by atoms with Gasteiger partial charge in [-0.05, 0) is 16.7 Å². The smallest absolute Gasteiger partial charge is 0.330 e. The normalized spacial score (nSPS) is 11.9. The molecular formula is C26H25NO4. The number of hydrogen-bond donors (Lipinski definition) is 1. The van der Waals surface area contributed by atoms with Crippen molar-refractivity contribution in [2.45, 2.75) is 11.6 Å². The molecule has 3 aromatic carbocycles. The molecular weight excluding hydrogens is 390 g/mol. The van der Waals surface area contributed by atoms with Crippen molar-refractivity contribution in [3.05, 3.63) is 120 Å². The molecule has 1 N–H and O–H groups in total. The minimum absolute atomic E-state index is 0.203. The van der Waals surface area contributed by atoms with Crippen LogP contribution in [0.25, 0.3) is 0 Å². The van der Waals surface area contributed by atoms with Crippen LogP contribution in [0.5, 0.6) is 0 Å². The van der Waals surface area contributed by atoms with Gasteiger partial charge < -0.3 is 9.47 Å². The number of esters is 2. The van der Waals surface area contributed by atoms with Crippen LogP contribution in [0.4, 0.5) is 0 Å². The third-order valence-electron chi connectivity index (χ3n) is 5.06. The van der Waals surface area contributed by atoms with Crippen LogP contribution in [0.3, 0.4) is 0 Å². The Labute approximate surface area is 182 Å². The molecule has 3 rings (SSSR count). The Balaban J connectivity index is 2.19. The Morgan fingerprint density at radius 1 is 0.871 bits per heavy atom.